The summed E-state index contributed by atoms with van der Waals surface area (Å²) in [5, 5.41) is 3.19. The Kier molecular flexibility index (Phi) is 4.24. The van der Waals surface area contributed by atoms with Crippen molar-refractivity contribution in [3.63, 3.8) is 0 Å². The molecule has 1 heterocycles. The first kappa shape index (κ1) is 16.5. The average molecular weight is 309 g/mol. The fourth-order valence-corrected chi connectivity index (χ4v) is 4.58. The second kappa shape index (κ2) is 5.40. The Morgan fingerprint density at radius 2 is 1.86 bits per heavy atom. The zero-order valence-corrected chi connectivity index (χ0v) is 14.7. The van der Waals surface area contributed by atoms with E-state index in [1.807, 2.05) is 13.0 Å². The Bertz CT molecular complexity index is 627. The third kappa shape index (κ3) is 3.16. The van der Waals surface area contributed by atoms with Crippen LogP contribution in [0, 0.1) is 0 Å². The van der Waals surface area contributed by atoms with Gasteiger partial charge in [0.1, 0.15) is 0 Å². The van der Waals surface area contributed by atoms with Crippen molar-refractivity contribution in [1.82, 2.24) is 5.32 Å². The molecule has 1 aromatic rings. The van der Waals surface area contributed by atoms with Crippen LogP contribution >= 0.6 is 0 Å². The zero-order valence-electron chi connectivity index (χ0n) is 13.9. The normalized spacial score (nSPS) is 24.9. The van der Waals surface area contributed by atoms with E-state index in [1.165, 1.54) is 5.56 Å². The van der Waals surface area contributed by atoms with Gasteiger partial charge in [-0.05, 0) is 36.0 Å². The van der Waals surface area contributed by atoms with Gasteiger partial charge in [0, 0.05) is 12.1 Å². The third-order valence-electron chi connectivity index (χ3n) is 4.19. The SMILES string of the molecule is CC(C)NC1CC(C)S(=O)(=O)c2ccc(C(C)(C)C)cc21. The molecule has 2 unspecified atom stereocenters. The minimum atomic E-state index is -3.19. The van der Waals surface area contributed by atoms with Crippen molar-refractivity contribution in [1.29, 1.82) is 0 Å². The van der Waals surface area contributed by atoms with Gasteiger partial charge in [-0.2, -0.15) is 0 Å². The lowest BCUT2D eigenvalue weighted by Crippen LogP contribution is -2.37. The number of benzene rings is 1. The Labute approximate surface area is 129 Å². The van der Waals surface area contributed by atoms with Crippen molar-refractivity contribution < 1.29 is 8.42 Å². The lowest BCUT2D eigenvalue weighted by Gasteiger charge is -2.33. The molecule has 0 aliphatic carbocycles. The Balaban J connectivity index is 2.60. The molecule has 0 saturated heterocycles. The smallest absolute Gasteiger partial charge is 0.181 e. The van der Waals surface area contributed by atoms with Gasteiger partial charge in [0.05, 0.1) is 10.1 Å². The largest absolute Gasteiger partial charge is 0.308 e. The molecule has 21 heavy (non-hydrogen) atoms. The van der Waals surface area contributed by atoms with Gasteiger partial charge in [-0.15, -0.1) is 0 Å². The van der Waals surface area contributed by atoms with Crippen molar-refractivity contribution in [3.8, 4) is 0 Å². The molecule has 0 amide bonds. The van der Waals surface area contributed by atoms with Gasteiger partial charge < -0.3 is 5.32 Å². The molecular formula is C17H27NO2S. The van der Waals surface area contributed by atoms with E-state index < -0.39 is 9.84 Å². The first-order chi connectivity index (χ1) is 9.53. The third-order valence-corrected chi connectivity index (χ3v) is 6.43. The van der Waals surface area contributed by atoms with Crippen LogP contribution in [0.1, 0.15) is 65.1 Å². The molecule has 0 aromatic heterocycles. The number of hydrogen-bond acceptors (Lipinski definition) is 3. The number of rotatable bonds is 2. The monoisotopic (exact) mass is 309 g/mol. The second-order valence-electron chi connectivity index (χ2n) is 7.47. The molecule has 2 rings (SSSR count). The molecule has 1 aliphatic rings. The molecular weight excluding hydrogens is 282 g/mol. The highest BCUT2D eigenvalue weighted by molar-refractivity contribution is 7.92. The van der Waals surface area contributed by atoms with E-state index in [9.17, 15) is 8.42 Å². The summed E-state index contributed by atoms with van der Waals surface area (Å²) < 4.78 is 25.1. The number of sulfone groups is 1. The topological polar surface area (TPSA) is 46.2 Å². The van der Waals surface area contributed by atoms with Crippen LogP contribution in [0.5, 0.6) is 0 Å². The maximum Gasteiger partial charge on any atom is 0.181 e. The first-order valence-electron chi connectivity index (χ1n) is 7.68. The van der Waals surface area contributed by atoms with Gasteiger partial charge in [-0.3, -0.25) is 0 Å². The number of nitrogens with one attached hydrogen (secondary N) is 1. The van der Waals surface area contributed by atoms with Gasteiger partial charge in [-0.25, -0.2) is 8.42 Å². The summed E-state index contributed by atoms with van der Waals surface area (Å²) in [4.78, 5) is 0.507. The van der Waals surface area contributed by atoms with Crippen LogP contribution in [-0.2, 0) is 15.3 Å². The highest BCUT2D eigenvalue weighted by atomic mass is 32.2. The predicted molar refractivity (Wildman–Crippen MR) is 87.4 cm³/mol. The molecule has 1 aromatic carbocycles. The van der Waals surface area contributed by atoms with Crippen LogP contribution in [0.25, 0.3) is 0 Å². The maximum atomic E-state index is 12.6. The van der Waals surface area contributed by atoms with Crippen LogP contribution in [0.2, 0.25) is 0 Å². The van der Waals surface area contributed by atoms with E-state index in [0.29, 0.717) is 17.4 Å². The summed E-state index contributed by atoms with van der Waals surface area (Å²) in [5.41, 5.74) is 2.14. The lowest BCUT2D eigenvalue weighted by atomic mass is 9.85. The zero-order chi connectivity index (χ0) is 16.0. The first-order valence-corrected chi connectivity index (χ1v) is 9.22. The fraction of sp³-hybridized carbons (Fsp3) is 0.647. The fourth-order valence-electron chi connectivity index (χ4n) is 2.91. The summed E-state index contributed by atoms with van der Waals surface area (Å²) in [6.07, 6.45) is 0.640. The standard InChI is InChI=1S/C17H27NO2S/c1-11(2)18-15-9-12(3)21(19,20)16-8-7-13(10-14(15)16)17(4,5)6/h7-8,10-12,15,18H,9H2,1-6H3. The Morgan fingerprint density at radius 1 is 1.24 bits per heavy atom. The van der Waals surface area contributed by atoms with E-state index >= 15 is 0 Å². The van der Waals surface area contributed by atoms with Crippen LogP contribution in [0.4, 0.5) is 0 Å². The minimum Gasteiger partial charge on any atom is -0.308 e. The Morgan fingerprint density at radius 3 is 2.38 bits per heavy atom. The van der Waals surface area contributed by atoms with Crippen molar-refractivity contribution in [2.24, 2.45) is 0 Å². The van der Waals surface area contributed by atoms with Gasteiger partial charge in [0.15, 0.2) is 9.84 Å². The predicted octanol–water partition coefficient (Wildman–Crippen LogP) is 3.59. The van der Waals surface area contributed by atoms with Crippen molar-refractivity contribution in [2.75, 3.05) is 0 Å². The summed E-state index contributed by atoms with van der Waals surface area (Å²) in [5.74, 6) is 0. The van der Waals surface area contributed by atoms with E-state index in [2.05, 4.69) is 46.0 Å². The van der Waals surface area contributed by atoms with Gasteiger partial charge in [0.25, 0.3) is 0 Å². The van der Waals surface area contributed by atoms with Gasteiger partial charge in [0.2, 0.25) is 0 Å². The second-order valence-corrected chi connectivity index (χ2v) is 9.80. The van der Waals surface area contributed by atoms with Crippen LogP contribution in [0.15, 0.2) is 23.1 Å². The molecule has 3 nitrogen and oxygen atoms in total. The molecule has 1 N–H and O–H groups in total. The van der Waals surface area contributed by atoms with E-state index in [4.69, 9.17) is 0 Å². The number of fused-ring (bicyclic) bond motifs is 1. The molecule has 118 valence electrons. The van der Waals surface area contributed by atoms with Crippen LogP contribution in [0.3, 0.4) is 0 Å². The van der Waals surface area contributed by atoms with Gasteiger partial charge in [-0.1, -0.05) is 46.8 Å². The molecule has 1 aliphatic heterocycles. The van der Waals surface area contributed by atoms with Gasteiger partial charge >= 0.3 is 0 Å². The summed E-state index contributed by atoms with van der Waals surface area (Å²) in [6, 6.07) is 6.28. The van der Waals surface area contributed by atoms with E-state index in [-0.39, 0.29) is 16.7 Å². The lowest BCUT2D eigenvalue weighted by molar-refractivity contribution is 0.427. The molecule has 0 saturated carbocycles. The van der Waals surface area contributed by atoms with Crippen molar-refractivity contribution >= 4 is 9.84 Å². The minimum absolute atomic E-state index is 0.0181. The quantitative estimate of drug-likeness (QED) is 0.908. The number of hydrogen-bond donors (Lipinski definition) is 1. The highest BCUT2D eigenvalue weighted by Crippen LogP contribution is 2.38. The average Bonchev–Trinajstić information content (AvgIpc) is 2.34. The summed E-state index contributed by atoms with van der Waals surface area (Å²) >= 11 is 0. The van der Waals surface area contributed by atoms with E-state index in [1.54, 1.807) is 6.07 Å². The molecule has 0 spiro atoms. The highest BCUT2D eigenvalue weighted by Gasteiger charge is 2.36. The van der Waals surface area contributed by atoms with Crippen LogP contribution < -0.4 is 5.32 Å². The van der Waals surface area contributed by atoms with Crippen LogP contribution in [-0.4, -0.2) is 19.7 Å². The summed E-state index contributed by atoms with van der Waals surface area (Å²) in [7, 11) is -3.19. The molecule has 0 bridgehead atoms. The Hall–Kier alpha value is -0.870. The van der Waals surface area contributed by atoms with Crippen molar-refractivity contribution in [2.45, 2.75) is 75.6 Å². The summed E-state index contributed by atoms with van der Waals surface area (Å²) in [6.45, 7) is 12.5. The molecule has 0 radical (unpaired) electrons. The molecule has 4 heteroatoms. The maximum absolute atomic E-state index is 12.6. The molecule has 0 fully saturated rings. The molecule has 2 atom stereocenters. The van der Waals surface area contributed by atoms with Crippen molar-refractivity contribution in [3.05, 3.63) is 29.3 Å². The van der Waals surface area contributed by atoms with E-state index in [0.717, 1.165) is 5.56 Å².